The summed E-state index contributed by atoms with van der Waals surface area (Å²) in [4.78, 5) is 71.9. The fourth-order valence-electron chi connectivity index (χ4n) is 8.89. The van der Waals surface area contributed by atoms with E-state index in [1.807, 2.05) is 151 Å². The molecule has 3 heterocycles. The van der Waals surface area contributed by atoms with Gasteiger partial charge in [-0.15, -0.1) is 0 Å². The highest BCUT2D eigenvalue weighted by molar-refractivity contribution is 6.02. The summed E-state index contributed by atoms with van der Waals surface area (Å²) >= 11 is 0. The molecule has 1 aromatic heterocycles. The highest BCUT2D eigenvalue weighted by Gasteiger charge is 2.39. The van der Waals surface area contributed by atoms with Gasteiger partial charge < -0.3 is 48.2 Å². The van der Waals surface area contributed by atoms with Crippen molar-refractivity contribution in [2.24, 2.45) is 17.6 Å². The van der Waals surface area contributed by atoms with Crippen LogP contribution in [0, 0.1) is 32.6 Å². The molecule has 0 spiro atoms. The quantitative estimate of drug-likeness (QED) is 0.0544. The molecule has 2 unspecified atom stereocenters. The first kappa shape index (κ1) is 71.7. The van der Waals surface area contributed by atoms with Crippen molar-refractivity contribution in [3.05, 3.63) is 94.3 Å². The number of esters is 4. The predicted octanol–water partition coefficient (Wildman–Crippen LogP) is 10.3. The topological polar surface area (TPSA) is 207 Å². The number of hydrogen-bond acceptors (Lipinski definition) is 15. The Morgan fingerprint density at radius 1 is 0.649 bits per heavy atom. The molecule has 2 aliphatic rings. The van der Waals surface area contributed by atoms with Crippen LogP contribution < -0.4 is 5.73 Å². The van der Waals surface area contributed by atoms with Gasteiger partial charge in [0.25, 0.3) is 0 Å². The molecule has 2 fully saturated rings. The van der Waals surface area contributed by atoms with Crippen molar-refractivity contribution in [3.8, 4) is 0 Å². The molecular weight excluding hydrogens is 990 g/mol. The zero-order chi connectivity index (χ0) is 55.8. The molecule has 5 rings (SSSR count). The number of hydrogen-bond donors (Lipinski definition) is 1. The molecule has 16 nitrogen and oxygen atoms in total. The van der Waals surface area contributed by atoms with Crippen LogP contribution in [0.25, 0.3) is 0 Å². The SMILES string of the molecule is C.CC(=O)C(C)C(C(C)=O)C(=O)OCc1ccccc1.CC(C)(C)OC(=O)C[C@H]1C[C@@H](CCN)OC(C)(C)O1.Cc1c(C(=O)OCc2ccccc2)c(C)n(CC[C@@H]2C[C@H](CC(=O)OC(C)(C)C)OC(C)(C)O2)c1C.F.[B]. The lowest BCUT2D eigenvalue weighted by Crippen LogP contribution is -2.46. The van der Waals surface area contributed by atoms with Crippen molar-refractivity contribution in [1.29, 1.82) is 0 Å². The monoisotopic (exact) mass is 1080 g/mol. The van der Waals surface area contributed by atoms with Crippen molar-refractivity contribution in [2.75, 3.05) is 6.54 Å². The van der Waals surface area contributed by atoms with Gasteiger partial charge in [-0.05, 0) is 140 Å². The Balaban J connectivity index is 0.00000120. The number of ether oxygens (including phenoxy) is 8. The maximum Gasteiger partial charge on any atom is 0.340 e. The molecule has 77 heavy (non-hydrogen) atoms. The summed E-state index contributed by atoms with van der Waals surface area (Å²) in [6.45, 7) is 30.4. The van der Waals surface area contributed by atoms with E-state index in [1.165, 1.54) is 13.8 Å². The zero-order valence-corrected chi connectivity index (χ0v) is 48.0. The molecule has 0 amide bonds. The van der Waals surface area contributed by atoms with E-state index in [2.05, 4.69) is 4.57 Å². The number of aromatic nitrogens is 1. The number of Topliss-reactive ketones (excluding diaryl/α,β-unsaturated/α-hetero) is 2. The highest BCUT2D eigenvalue weighted by Crippen LogP contribution is 2.33. The summed E-state index contributed by atoms with van der Waals surface area (Å²) in [5.41, 5.74) is 9.85. The largest absolute Gasteiger partial charge is 0.460 e. The van der Waals surface area contributed by atoms with Gasteiger partial charge in [-0.3, -0.25) is 28.7 Å². The summed E-state index contributed by atoms with van der Waals surface area (Å²) in [6.07, 6.45) is 2.75. The van der Waals surface area contributed by atoms with Gasteiger partial charge in [0.05, 0.1) is 42.8 Å². The Labute approximate surface area is 460 Å². The summed E-state index contributed by atoms with van der Waals surface area (Å²) in [5, 5.41) is 0. The molecule has 6 atom stereocenters. The molecular formula is C59H91BFN2O14. The Morgan fingerprint density at radius 2 is 1.05 bits per heavy atom. The first-order chi connectivity index (χ1) is 34.3. The first-order valence-corrected chi connectivity index (χ1v) is 25.7. The number of nitrogens with zero attached hydrogens (tertiary/aromatic N) is 1. The molecule has 3 radical (unpaired) electrons. The minimum Gasteiger partial charge on any atom is -0.460 e. The van der Waals surface area contributed by atoms with Crippen molar-refractivity contribution < 1.29 is 71.4 Å². The van der Waals surface area contributed by atoms with Crippen LogP contribution in [0.5, 0.6) is 0 Å². The van der Waals surface area contributed by atoms with Crippen LogP contribution in [0.15, 0.2) is 60.7 Å². The highest BCUT2D eigenvalue weighted by atomic mass is 19.0. The number of rotatable bonds is 18. The summed E-state index contributed by atoms with van der Waals surface area (Å²) in [5.74, 6) is -5.13. The molecule has 18 heteroatoms. The van der Waals surface area contributed by atoms with E-state index >= 15 is 0 Å². The van der Waals surface area contributed by atoms with Gasteiger partial charge in [0.1, 0.15) is 41.9 Å². The Hall–Kier alpha value is -5.27. The Morgan fingerprint density at radius 3 is 1.44 bits per heavy atom. The van der Waals surface area contributed by atoms with Crippen LogP contribution >= 0.6 is 0 Å². The normalized spacial score (nSPS) is 19.2. The second-order valence-electron chi connectivity index (χ2n) is 22.1. The van der Waals surface area contributed by atoms with Crippen molar-refractivity contribution in [3.63, 3.8) is 0 Å². The number of nitrogens with two attached hydrogens (primary N) is 1. The van der Waals surface area contributed by atoms with Gasteiger partial charge in [-0.25, -0.2) is 4.79 Å². The fraction of sp³-hybridized carbons (Fsp3) is 0.627. The van der Waals surface area contributed by atoms with Crippen LogP contribution in [0.3, 0.4) is 0 Å². The van der Waals surface area contributed by atoms with Gasteiger partial charge in [0.2, 0.25) is 0 Å². The predicted molar refractivity (Wildman–Crippen MR) is 296 cm³/mol. The number of halogens is 1. The molecule has 0 bridgehead atoms. The second-order valence-corrected chi connectivity index (χ2v) is 22.1. The van der Waals surface area contributed by atoms with Crippen molar-refractivity contribution >= 4 is 43.9 Å². The van der Waals surface area contributed by atoms with E-state index in [-0.39, 0.29) is 100 Å². The summed E-state index contributed by atoms with van der Waals surface area (Å²) in [7, 11) is 0. The minimum atomic E-state index is -1.01. The molecule has 431 valence electrons. The van der Waals surface area contributed by atoms with Crippen LogP contribution in [-0.4, -0.2) is 102 Å². The van der Waals surface area contributed by atoms with Crippen LogP contribution in [0.2, 0.25) is 0 Å². The third-order valence-electron chi connectivity index (χ3n) is 12.2. The molecule has 2 aromatic carbocycles. The Bertz CT molecular complexity index is 2320. The summed E-state index contributed by atoms with van der Waals surface area (Å²) in [6, 6.07) is 18.9. The lowest BCUT2D eigenvalue weighted by atomic mass is 9.88. The third kappa shape index (κ3) is 25.4. The molecule has 3 aromatic rings. The second kappa shape index (κ2) is 32.0. The van der Waals surface area contributed by atoms with Gasteiger partial charge in [-0.1, -0.05) is 75.0 Å². The number of carbonyl (C=O) groups is 6. The lowest BCUT2D eigenvalue weighted by Gasteiger charge is -2.41. The van der Waals surface area contributed by atoms with E-state index in [0.717, 1.165) is 40.9 Å². The average Bonchev–Trinajstić information content (AvgIpc) is 3.48. The van der Waals surface area contributed by atoms with Gasteiger partial charge in [0.15, 0.2) is 11.6 Å². The maximum atomic E-state index is 12.9. The lowest BCUT2D eigenvalue weighted by molar-refractivity contribution is -0.301. The maximum absolute atomic E-state index is 12.9. The van der Waals surface area contributed by atoms with Crippen molar-refractivity contribution in [1.82, 2.24) is 4.57 Å². The minimum absolute atomic E-state index is 0. The smallest absolute Gasteiger partial charge is 0.340 e. The molecule has 2 N–H and O–H groups in total. The molecule has 0 aliphatic carbocycles. The molecule has 2 aliphatic heterocycles. The van der Waals surface area contributed by atoms with E-state index in [0.29, 0.717) is 31.5 Å². The standard InChI is InChI=1S/C29H41NO6.C15H18O4.C14H27NO4.CH4.B.FH/c1-19-20(2)30(21(3)26(19)27(32)33-18-22-12-10-9-11-13-22)15-14-23-16-24(35-29(7,8)34-23)17-25(31)36-28(4,5)6;1-10(11(2)16)14(12(3)17)15(18)19-9-13-7-5-4-6-8-13;1-13(2,3)19-12(16)9-11-8-10(6-7-15)17-14(4,5)18-11;;;/h9-13,23-24H,14-18H2,1-8H3;4-8,10,14H,9H2,1-3H3;10-11H,6-9,15H2,1-5H3;1H4;;1H/t23-,24-;;10-,11-;;;/m1.1.../s1. The summed E-state index contributed by atoms with van der Waals surface area (Å²) < 4.78 is 47.4. The van der Waals surface area contributed by atoms with E-state index in [1.54, 1.807) is 6.92 Å². The van der Waals surface area contributed by atoms with Crippen molar-refractivity contribution in [2.45, 2.75) is 224 Å². The van der Waals surface area contributed by atoms with Crippen LogP contribution in [0.1, 0.15) is 174 Å². The number of benzene rings is 2. The van der Waals surface area contributed by atoms with E-state index < -0.39 is 40.6 Å². The molecule has 2 saturated heterocycles. The van der Waals surface area contributed by atoms with Gasteiger partial charge >= 0.3 is 23.9 Å². The first-order valence-electron chi connectivity index (χ1n) is 25.7. The average molecular weight is 1080 g/mol. The van der Waals surface area contributed by atoms with E-state index in [9.17, 15) is 28.8 Å². The van der Waals surface area contributed by atoms with Crippen LogP contribution in [-0.2, 0) is 81.6 Å². The third-order valence-corrected chi connectivity index (χ3v) is 12.2. The zero-order valence-electron chi connectivity index (χ0n) is 48.0. The number of ketones is 2. The van der Waals surface area contributed by atoms with Gasteiger partial charge in [-0.2, -0.15) is 0 Å². The van der Waals surface area contributed by atoms with Crippen LogP contribution in [0.4, 0.5) is 4.70 Å². The fourth-order valence-corrected chi connectivity index (χ4v) is 8.89. The van der Waals surface area contributed by atoms with Gasteiger partial charge in [0, 0.05) is 45.1 Å². The number of carbonyl (C=O) groups excluding carboxylic acids is 6. The molecule has 0 saturated carbocycles. The Kier molecular flexibility index (Phi) is 29.8. The van der Waals surface area contributed by atoms with E-state index in [4.69, 9.17) is 43.6 Å².